The van der Waals surface area contributed by atoms with E-state index in [4.69, 9.17) is 0 Å². The highest BCUT2D eigenvalue weighted by molar-refractivity contribution is 5.21. The van der Waals surface area contributed by atoms with Gasteiger partial charge in [-0.2, -0.15) is 5.10 Å². The summed E-state index contributed by atoms with van der Waals surface area (Å²) in [4.78, 5) is 0. The summed E-state index contributed by atoms with van der Waals surface area (Å²) in [6.07, 6.45) is 2.05. The van der Waals surface area contributed by atoms with Crippen molar-refractivity contribution in [3.8, 4) is 0 Å². The van der Waals surface area contributed by atoms with Crippen molar-refractivity contribution in [2.24, 2.45) is 5.92 Å². The molecule has 0 aliphatic carbocycles. The fourth-order valence-electron chi connectivity index (χ4n) is 1.96. The molecule has 0 unspecified atom stereocenters. The molecule has 0 atom stereocenters. The summed E-state index contributed by atoms with van der Waals surface area (Å²) in [5.41, 5.74) is 3.69. The third-order valence-electron chi connectivity index (χ3n) is 3.02. The van der Waals surface area contributed by atoms with Crippen molar-refractivity contribution in [3.05, 3.63) is 53.3 Å². The quantitative estimate of drug-likeness (QED) is 0.862. The first kappa shape index (κ1) is 13.8. The van der Waals surface area contributed by atoms with E-state index >= 15 is 0 Å². The Morgan fingerprint density at radius 3 is 2.58 bits per heavy atom. The van der Waals surface area contributed by atoms with Gasteiger partial charge in [0.2, 0.25) is 0 Å². The molecule has 1 N–H and O–H groups in total. The monoisotopic (exact) mass is 257 g/mol. The van der Waals surface area contributed by atoms with Crippen LogP contribution in [0.1, 0.15) is 30.7 Å². The summed E-state index contributed by atoms with van der Waals surface area (Å²) in [6, 6.07) is 10.7. The van der Waals surface area contributed by atoms with Gasteiger partial charge in [-0.1, -0.05) is 43.7 Å². The minimum Gasteiger partial charge on any atom is -0.311 e. The molecule has 2 aromatic rings. The molecule has 0 spiro atoms. The van der Waals surface area contributed by atoms with E-state index < -0.39 is 0 Å². The third kappa shape index (κ3) is 4.52. The first-order valence-corrected chi connectivity index (χ1v) is 6.92. The van der Waals surface area contributed by atoms with Crippen LogP contribution < -0.4 is 5.32 Å². The van der Waals surface area contributed by atoms with E-state index in [1.165, 1.54) is 11.1 Å². The van der Waals surface area contributed by atoms with Crippen LogP contribution in [0.4, 0.5) is 0 Å². The molecule has 1 heterocycles. The van der Waals surface area contributed by atoms with Crippen LogP contribution in [0, 0.1) is 12.8 Å². The second-order valence-electron chi connectivity index (χ2n) is 5.52. The Labute approximate surface area is 115 Å². The second kappa shape index (κ2) is 6.53. The second-order valence-corrected chi connectivity index (χ2v) is 5.52. The summed E-state index contributed by atoms with van der Waals surface area (Å²) in [6.45, 7) is 9.25. The molecule has 1 aromatic carbocycles. The summed E-state index contributed by atoms with van der Waals surface area (Å²) >= 11 is 0. The Balaban J connectivity index is 1.88. The van der Waals surface area contributed by atoms with E-state index in [0.717, 1.165) is 25.3 Å². The number of benzene rings is 1. The van der Waals surface area contributed by atoms with Crippen LogP contribution in [0.25, 0.3) is 0 Å². The molecule has 3 nitrogen and oxygen atoms in total. The summed E-state index contributed by atoms with van der Waals surface area (Å²) in [7, 11) is 0. The molecule has 102 valence electrons. The van der Waals surface area contributed by atoms with Crippen molar-refractivity contribution in [1.29, 1.82) is 0 Å². The molecule has 0 fully saturated rings. The van der Waals surface area contributed by atoms with Gasteiger partial charge in [-0.15, -0.1) is 0 Å². The number of aryl methyl sites for hydroxylation is 1. The zero-order valence-corrected chi connectivity index (χ0v) is 12.1. The van der Waals surface area contributed by atoms with E-state index in [9.17, 15) is 0 Å². The predicted octanol–water partition coefficient (Wildman–Crippen LogP) is 2.99. The number of nitrogens with zero attached hydrogens (tertiary/aromatic N) is 2. The van der Waals surface area contributed by atoms with Crippen molar-refractivity contribution in [3.63, 3.8) is 0 Å². The van der Waals surface area contributed by atoms with Crippen LogP contribution in [0.5, 0.6) is 0 Å². The van der Waals surface area contributed by atoms with Gasteiger partial charge in [0, 0.05) is 12.7 Å². The standard InChI is InChI=1S/C16H23N3/c1-13(2)10-17-11-16-8-9-19(18-16)12-15-6-4-14(3)5-7-15/h4-9,13,17H,10-12H2,1-3H3. The molecule has 0 aliphatic rings. The fourth-order valence-corrected chi connectivity index (χ4v) is 1.96. The normalized spacial score (nSPS) is 11.2. The van der Waals surface area contributed by atoms with Crippen LogP contribution in [-0.2, 0) is 13.1 Å². The number of hydrogen-bond donors (Lipinski definition) is 1. The molecular formula is C16H23N3. The maximum absolute atomic E-state index is 4.58. The van der Waals surface area contributed by atoms with Gasteiger partial charge in [0.15, 0.2) is 0 Å². The molecule has 0 amide bonds. The Morgan fingerprint density at radius 1 is 1.16 bits per heavy atom. The first-order chi connectivity index (χ1) is 9.13. The van der Waals surface area contributed by atoms with Crippen molar-refractivity contribution >= 4 is 0 Å². The van der Waals surface area contributed by atoms with Crippen molar-refractivity contribution in [2.75, 3.05) is 6.54 Å². The van der Waals surface area contributed by atoms with Gasteiger partial charge in [0.05, 0.1) is 12.2 Å². The number of aromatic nitrogens is 2. The zero-order chi connectivity index (χ0) is 13.7. The van der Waals surface area contributed by atoms with Crippen LogP contribution in [0.2, 0.25) is 0 Å². The smallest absolute Gasteiger partial charge is 0.0762 e. The Morgan fingerprint density at radius 2 is 1.89 bits per heavy atom. The maximum atomic E-state index is 4.58. The third-order valence-corrected chi connectivity index (χ3v) is 3.02. The van der Waals surface area contributed by atoms with E-state index in [-0.39, 0.29) is 0 Å². The molecule has 3 heteroatoms. The van der Waals surface area contributed by atoms with Gasteiger partial charge in [0.1, 0.15) is 0 Å². The highest BCUT2D eigenvalue weighted by Crippen LogP contribution is 2.06. The van der Waals surface area contributed by atoms with Gasteiger partial charge >= 0.3 is 0 Å². The topological polar surface area (TPSA) is 29.9 Å². The number of hydrogen-bond acceptors (Lipinski definition) is 2. The highest BCUT2D eigenvalue weighted by Gasteiger charge is 2.01. The van der Waals surface area contributed by atoms with E-state index in [0.29, 0.717) is 5.92 Å². The number of rotatable bonds is 6. The molecule has 0 bridgehead atoms. The summed E-state index contributed by atoms with van der Waals surface area (Å²) in [5, 5.41) is 7.99. The van der Waals surface area contributed by atoms with Crippen molar-refractivity contribution in [2.45, 2.75) is 33.9 Å². The molecule has 1 aromatic heterocycles. The lowest BCUT2D eigenvalue weighted by Gasteiger charge is -2.05. The van der Waals surface area contributed by atoms with Crippen molar-refractivity contribution < 1.29 is 0 Å². The highest BCUT2D eigenvalue weighted by atomic mass is 15.3. The predicted molar refractivity (Wildman–Crippen MR) is 79.1 cm³/mol. The Kier molecular flexibility index (Phi) is 4.74. The lowest BCUT2D eigenvalue weighted by molar-refractivity contribution is 0.543. The van der Waals surface area contributed by atoms with E-state index in [1.807, 2.05) is 10.9 Å². The molecule has 19 heavy (non-hydrogen) atoms. The average molecular weight is 257 g/mol. The fraction of sp³-hybridized carbons (Fsp3) is 0.438. The minimum atomic E-state index is 0.676. The van der Waals surface area contributed by atoms with Gasteiger partial charge in [-0.3, -0.25) is 4.68 Å². The molecule has 0 saturated heterocycles. The van der Waals surface area contributed by atoms with Crippen LogP contribution in [0.15, 0.2) is 36.5 Å². The minimum absolute atomic E-state index is 0.676. The molecule has 2 rings (SSSR count). The molecular weight excluding hydrogens is 234 g/mol. The maximum Gasteiger partial charge on any atom is 0.0762 e. The van der Waals surface area contributed by atoms with Gasteiger partial charge in [-0.25, -0.2) is 0 Å². The van der Waals surface area contributed by atoms with Crippen molar-refractivity contribution in [1.82, 2.24) is 15.1 Å². The van der Waals surface area contributed by atoms with Crippen LogP contribution in [0.3, 0.4) is 0 Å². The lowest BCUT2D eigenvalue weighted by Crippen LogP contribution is -2.19. The largest absolute Gasteiger partial charge is 0.311 e. The average Bonchev–Trinajstić information content (AvgIpc) is 2.79. The van der Waals surface area contributed by atoms with E-state index in [2.05, 4.69) is 61.5 Å². The SMILES string of the molecule is Cc1ccc(Cn2ccc(CNCC(C)C)n2)cc1. The molecule has 0 saturated carbocycles. The van der Waals surface area contributed by atoms with Crippen LogP contribution >= 0.6 is 0 Å². The number of nitrogens with one attached hydrogen (secondary N) is 1. The van der Waals surface area contributed by atoms with Gasteiger partial charge in [0.25, 0.3) is 0 Å². The lowest BCUT2D eigenvalue weighted by atomic mass is 10.1. The van der Waals surface area contributed by atoms with E-state index in [1.54, 1.807) is 0 Å². The van der Waals surface area contributed by atoms with Gasteiger partial charge in [-0.05, 0) is 31.0 Å². The molecule has 0 aliphatic heterocycles. The Hall–Kier alpha value is -1.61. The first-order valence-electron chi connectivity index (χ1n) is 6.92. The van der Waals surface area contributed by atoms with Crippen LogP contribution in [-0.4, -0.2) is 16.3 Å². The Bertz CT molecular complexity index is 497. The zero-order valence-electron chi connectivity index (χ0n) is 12.1. The summed E-state index contributed by atoms with van der Waals surface area (Å²) < 4.78 is 2.00. The summed E-state index contributed by atoms with van der Waals surface area (Å²) in [5.74, 6) is 0.676. The van der Waals surface area contributed by atoms with Gasteiger partial charge < -0.3 is 5.32 Å². The molecule has 0 radical (unpaired) electrons.